The standard InChI is InChI=1S/C31H37ClN4O4/c1-30(2,3)40-29(39)33-20-31(22-12-9-13-23(32)18-22)16-14-24(15-17-31)36-28(38)25(27(37)35(4)5)19-26(34-36)21-10-7-6-8-11-21/h6-13,18-19,24H,14-17,20H2,1-5H3,(H,33,39)/t24-,31-. The summed E-state index contributed by atoms with van der Waals surface area (Å²) >= 11 is 6.37. The van der Waals surface area contributed by atoms with Gasteiger partial charge in [-0.1, -0.05) is 54.1 Å². The summed E-state index contributed by atoms with van der Waals surface area (Å²) in [6, 6.07) is 18.6. The van der Waals surface area contributed by atoms with Crippen molar-refractivity contribution < 1.29 is 14.3 Å². The summed E-state index contributed by atoms with van der Waals surface area (Å²) in [7, 11) is 3.26. The molecule has 0 saturated heterocycles. The first-order valence-corrected chi connectivity index (χ1v) is 13.9. The van der Waals surface area contributed by atoms with Crippen molar-refractivity contribution in [2.45, 2.75) is 63.5 Å². The predicted molar refractivity (Wildman–Crippen MR) is 157 cm³/mol. The van der Waals surface area contributed by atoms with Crippen LogP contribution in [-0.2, 0) is 10.2 Å². The van der Waals surface area contributed by atoms with Gasteiger partial charge in [-0.25, -0.2) is 9.48 Å². The second-order valence-corrected chi connectivity index (χ2v) is 12.1. The summed E-state index contributed by atoms with van der Waals surface area (Å²) in [6.07, 6.45) is 2.13. The van der Waals surface area contributed by atoms with Gasteiger partial charge >= 0.3 is 6.09 Å². The van der Waals surface area contributed by atoms with Crippen molar-refractivity contribution in [3.8, 4) is 11.3 Å². The Kier molecular flexibility index (Phi) is 8.68. The Morgan fingerprint density at radius 1 is 1.07 bits per heavy atom. The van der Waals surface area contributed by atoms with Gasteiger partial charge in [-0.2, -0.15) is 5.10 Å². The minimum atomic E-state index is -0.608. The van der Waals surface area contributed by atoms with Crippen LogP contribution in [0.5, 0.6) is 0 Å². The molecule has 212 valence electrons. The highest BCUT2D eigenvalue weighted by atomic mass is 35.5. The summed E-state index contributed by atoms with van der Waals surface area (Å²) in [5.74, 6) is -0.357. The van der Waals surface area contributed by atoms with Gasteiger partial charge in [0, 0.05) is 36.6 Å². The highest BCUT2D eigenvalue weighted by Crippen LogP contribution is 2.43. The first-order chi connectivity index (χ1) is 18.9. The lowest BCUT2D eigenvalue weighted by molar-refractivity contribution is 0.0504. The molecule has 2 aromatic carbocycles. The van der Waals surface area contributed by atoms with Crippen molar-refractivity contribution >= 4 is 23.6 Å². The van der Waals surface area contributed by atoms with Crippen LogP contribution in [0.4, 0.5) is 4.79 Å². The van der Waals surface area contributed by atoms with E-state index >= 15 is 0 Å². The van der Waals surface area contributed by atoms with Gasteiger partial charge in [-0.05, 0) is 70.2 Å². The van der Waals surface area contributed by atoms with Crippen LogP contribution in [0.25, 0.3) is 11.3 Å². The SMILES string of the molecule is CN(C)C(=O)c1cc(-c2ccccc2)nn([C@H]2CC[C@](CNC(=O)OC(C)(C)C)(c3cccc(Cl)c3)CC2)c1=O. The zero-order chi connectivity index (χ0) is 29.1. The van der Waals surface area contributed by atoms with E-state index in [0.717, 1.165) is 11.1 Å². The predicted octanol–water partition coefficient (Wildman–Crippen LogP) is 5.84. The minimum Gasteiger partial charge on any atom is -0.444 e. The molecule has 1 aromatic heterocycles. The molecule has 0 aliphatic heterocycles. The van der Waals surface area contributed by atoms with Crippen molar-refractivity contribution in [3.05, 3.63) is 87.2 Å². The highest BCUT2D eigenvalue weighted by Gasteiger charge is 2.39. The fourth-order valence-corrected chi connectivity index (χ4v) is 5.44. The molecule has 0 unspecified atom stereocenters. The molecule has 0 bridgehead atoms. The molecule has 1 saturated carbocycles. The van der Waals surface area contributed by atoms with Gasteiger partial charge in [0.05, 0.1) is 11.7 Å². The van der Waals surface area contributed by atoms with Gasteiger partial charge < -0.3 is 15.0 Å². The van der Waals surface area contributed by atoms with Crippen LogP contribution in [0.2, 0.25) is 5.02 Å². The number of carbonyl (C=O) groups is 2. The number of nitrogens with zero attached hydrogens (tertiary/aromatic N) is 3. The third-order valence-corrected chi connectivity index (χ3v) is 7.54. The molecular weight excluding hydrogens is 528 g/mol. The summed E-state index contributed by atoms with van der Waals surface area (Å²) in [5.41, 5.74) is 1.11. The second-order valence-electron chi connectivity index (χ2n) is 11.6. The van der Waals surface area contributed by atoms with Gasteiger partial charge in [0.1, 0.15) is 11.2 Å². The highest BCUT2D eigenvalue weighted by molar-refractivity contribution is 6.30. The zero-order valence-electron chi connectivity index (χ0n) is 23.7. The van der Waals surface area contributed by atoms with Crippen LogP contribution >= 0.6 is 11.6 Å². The maximum atomic E-state index is 13.6. The van der Waals surface area contributed by atoms with Crippen molar-refractivity contribution in [1.29, 1.82) is 0 Å². The van der Waals surface area contributed by atoms with Crippen LogP contribution in [0.1, 0.15) is 68.4 Å². The first kappa shape index (κ1) is 29.3. The molecule has 0 atom stereocenters. The van der Waals surface area contributed by atoms with Gasteiger partial charge in [0.2, 0.25) is 0 Å². The smallest absolute Gasteiger partial charge is 0.407 e. The number of aromatic nitrogens is 2. The fraction of sp³-hybridized carbons (Fsp3) is 0.419. The van der Waals surface area contributed by atoms with Crippen LogP contribution in [0.15, 0.2) is 65.5 Å². The Hall–Kier alpha value is -3.65. The molecule has 40 heavy (non-hydrogen) atoms. The monoisotopic (exact) mass is 564 g/mol. The Labute approximate surface area is 240 Å². The Bertz CT molecular complexity index is 1420. The molecule has 3 aromatic rings. The molecule has 1 N–H and O–H groups in total. The van der Waals surface area contributed by atoms with Gasteiger partial charge in [-0.15, -0.1) is 0 Å². The lowest BCUT2D eigenvalue weighted by atomic mass is 9.68. The summed E-state index contributed by atoms with van der Waals surface area (Å²) in [4.78, 5) is 40.5. The summed E-state index contributed by atoms with van der Waals surface area (Å²) in [6.45, 7) is 5.85. The largest absolute Gasteiger partial charge is 0.444 e. The summed E-state index contributed by atoms with van der Waals surface area (Å²) < 4.78 is 6.97. The van der Waals surface area contributed by atoms with E-state index in [1.54, 1.807) is 20.2 Å². The lowest BCUT2D eigenvalue weighted by Crippen LogP contribution is -2.46. The number of amides is 2. The molecule has 4 rings (SSSR count). The molecule has 2 amide bonds. The number of carbonyl (C=O) groups excluding carboxylic acids is 2. The number of halogens is 1. The first-order valence-electron chi connectivity index (χ1n) is 13.5. The molecule has 1 aliphatic rings. The van der Waals surface area contributed by atoms with E-state index in [1.807, 2.05) is 75.4 Å². The third-order valence-electron chi connectivity index (χ3n) is 7.31. The van der Waals surface area contributed by atoms with Crippen LogP contribution in [-0.4, -0.2) is 52.9 Å². The van der Waals surface area contributed by atoms with Crippen LogP contribution in [0, 0.1) is 0 Å². The molecule has 1 fully saturated rings. The van der Waals surface area contributed by atoms with Crippen molar-refractivity contribution in [3.63, 3.8) is 0 Å². The third kappa shape index (κ3) is 6.73. The van der Waals surface area contributed by atoms with Gasteiger partial charge in [0.15, 0.2) is 0 Å². The van der Waals surface area contributed by atoms with E-state index in [9.17, 15) is 14.4 Å². The number of rotatable bonds is 6. The van der Waals surface area contributed by atoms with E-state index in [4.69, 9.17) is 21.4 Å². The average molecular weight is 565 g/mol. The number of nitrogens with one attached hydrogen (secondary N) is 1. The number of alkyl carbamates (subject to hydrolysis) is 1. The second kappa shape index (κ2) is 11.8. The number of hydrogen-bond acceptors (Lipinski definition) is 5. The van der Waals surface area contributed by atoms with E-state index in [0.29, 0.717) is 42.9 Å². The topological polar surface area (TPSA) is 93.5 Å². The molecule has 1 heterocycles. The fourth-order valence-electron chi connectivity index (χ4n) is 5.24. The van der Waals surface area contributed by atoms with Crippen molar-refractivity contribution in [1.82, 2.24) is 20.0 Å². The van der Waals surface area contributed by atoms with E-state index < -0.39 is 22.7 Å². The quantitative estimate of drug-likeness (QED) is 0.406. The number of benzene rings is 2. The molecule has 1 aliphatic carbocycles. The van der Waals surface area contributed by atoms with E-state index in [-0.39, 0.29) is 17.5 Å². The van der Waals surface area contributed by atoms with Crippen LogP contribution < -0.4 is 10.9 Å². The molecule has 0 radical (unpaired) electrons. The van der Waals surface area contributed by atoms with Crippen LogP contribution in [0.3, 0.4) is 0 Å². The molecule has 9 heteroatoms. The Morgan fingerprint density at radius 2 is 1.75 bits per heavy atom. The summed E-state index contributed by atoms with van der Waals surface area (Å²) in [5, 5.41) is 8.32. The maximum Gasteiger partial charge on any atom is 0.407 e. The van der Waals surface area contributed by atoms with Gasteiger partial charge in [-0.3, -0.25) is 9.59 Å². The number of ether oxygens (including phenoxy) is 1. The van der Waals surface area contributed by atoms with Crippen molar-refractivity contribution in [2.24, 2.45) is 0 Å². The zero-order valence-corrected chi connectivity index (χ0v) is 24.5. The van der Waals surface area contributed by atoms with E-state index in [2.05, 4.69) is 5.32 Å². The molecule has 8 nitrogen and oxygen atoms in total. The maximum absolute atomic E-state index is 13.6. The van der Waals surface area contributed by atoms with Gasteiger partial charge in [0.25, 0.3) is 11.5 Å². The molecular formula is C31H37ClN4O4. The van der Waals surface area contributed by atoms with Crippen molar-refractivity contribution in [2.75, 3.05) is 20.6 Å². The lowest BCUT2D eigenvalue weighted by Gasteiger charge is -2.41. The minimum absolute atomic E-state index is 0.0946. The number of hydrogen-bond donors (Lipinski definition) is 1. The van der Waals surface area contributed by atoms with E-state index in [1.165, 1.54) is 9.58 Å². The molecule has 0 spiro atoms. The Morgan fingerprint density at radius 3 is 2.35 bits per heavy atom. The Balaban J connectivity index is 1.66. The normalized spacial score (nSPS) is 19.1. The average Bonchev–Trinajstić information content (AvgIpc) is 2.91.